The number of nitrogens with two attached hydrogens (primary N) is 1. The Morgan fingerprint density at radius 3 is 2.82 bits per heavy atom. The van der Waals surface area contributed by atoms with Gasteiger partial charge < -0.3 is 20.7 Å². The van der Waals surface area contributed by atoms with E-state index in [0.29, 0.717) is 16.5 Å². The molecule has 116 valence electrons. The molecule has 8 nitrogen and oxygen atoms in total. The lowest BCUT2D eigenvalue weighted by molar-refractivity contribution is -0.772. The van der Waals surface area contributed by atoms with Gasteiger partial charge in [0.05, 0.1) is 16.5 Å². The maximum atomic E-state index is 11.9. The number of hydrogen-bond donors (Lipinski definition) is 2. The Kier molecular flexibility index (Phi) is 4.99. The number of nitrogens with one attached hydrogen (secondary N) is 1. The quantitative estimate of drug-likeness (QED) is 0.560. The van der Waals surface area contributed by atoms with Crippen LogP contribution in [0, 0.1) is 0 Å². The molecule has 9 heteroatoms. The fourth-order valence-electron chi connectivity index (χ4n) is 1.72. The molecule has 1 aromatic heterocycles. The first-order chi connectivity index (χ1) is 10.5. The minimum Gasteiger partial charge on any atom is -0.538 e. The van der Waals surface area contributed by atoms with Gasteiger partial charge in [-0.2, -0.15) is 0 Å². The molecule has 0 aliphatic carbocycles. The Labute approximate surface area is 130 Å². The molecule has 0 unspecified atom stereocenters. The number of aromatic nitrogens is 2. The van der Waals surface area contributed by atoms with E-state index in [0.717, 1.165) is 0 Å². The Morgan fingerprint density at radius 2 is 2.18 bits per heavy atom. The van der Waals surface area contributed by atoms with Crippen molar-refractivity contribution in [3.05, 3.63) is 29.8 Å². The number of amides is 2. The average molecular weight is 322 g/mol. The fourth-order valence-corrected chi connectivity index (χ4v) is 2.58. The van der Waals surface area contributed by atoms with Crippen LogP contribution in [0.2, 0.25) is 0 Å². The molecule has 0 saturated heterocycles. The first-order valence-electron chi connectivity index (χ1n) is 6.33. The van der Waals surface area contributed by atoms with Gasteiger partial charge in [-0.1, -0.05) is 28.6 Å². The lowest BCUT2D eigenvalue weighted by Gasteiger charge is -2.08. The molecule has 2 amide bonds. The number of hydrogen-bond acceptors (Lipinski definition) is 6. The van der Waals surface area contributed by atoms with Crippen molar-refractivity contribution in [3.8, 4) is 5.95 Å². The van der Waals surface area contributed by atoms with E-state index in [4.69, 9.17) is 5.73 Å². The smallest absolute Gasteiger partial charge is 0.290 e. The number of anilines is 1. The van der Waals surface area contributed by atoms with Crippen molar-refractivity contribution in [2.24, 2.45) is 12.8 Å². The van der Waals surface area contributed by atoms with E-state index in [-0.39, 0.29) is 17.9 Å². The molecule has 0 bridgehead atoms. The van der Waals surface area contributed by atoms with Gasteiger partial charge in [0.1, 0.15) is 0 Å². The summed E-state index contributed by atoms with van der Waals surface area (Å²) in [5, 5.41) is 17.7. The molecule has 0 fully saturated rings. The van der Waals surface area contributed by atoms with Gasteiger partial charge in [0, 0.05) is 12.2 Å². The van der Waals surface area contributed by atoms with Crippen LogP contribution in [0.4, 0.5) is 5.69 Å². The highest BCUT2D eigenvalue weighted by atomic mass is 32.2. The summed E-state index contributed by atoms with van der Waals surface area (Å²) in [5.41, 5.74) is 5.85. The Hall–Kier alpha value is -2.55. The third-order valence-electron chi connectivity index (χ3n) is 2.75. The molecule has 0 saturated carbocycles. The molecule has 3 N–H and O–H groups in total. The number of para-hydroxylation sites is 1. The number of aryl methyl sites for hydroxylation is 1. The number of benzene rings is 1. The average Bonchev–Trinajstić information content (AvgIpc) is 2.79. The Morgan fingerprint density at radius 1 is 1.45 bits per heavy atom. The monoisotopic (exact) mass is 322 g/mol. The molecule has 0 aliphatic rings. The van der Waals surface area contributed by atoms with Crippen LogP contribution in [-0.4, -0.2) is 22.8 Å². The SMILES string of the molecule is C[n+]1noc([O-])c1SCCC(=O)Nc1ccccc1C(N)=O. The molecule has 0 atom stereocenters. The largest absolute Gasteiger partial charge is 0.538 e. The second-order valence-electron chi connectivity index (χ2n) is 4.35. The van der Waals surface area contributed by atoms with Gasteiger partial charge >= 0.3 is 0 Å². The number of rotatable bonds is 6. The molecule has 0 spiro atoms. The van der Waals surface area contributed by atoms with Crippen LogP contribution in [0.25, 0.3) is 0 Å². The van der Waals surface area contributed by atoms with E-state index in [1.807, 2.05) is 0 Å². The maximum Gasteiger partial charge on any atom is 0.290 e. The van der Waals surface area contributed by atoms with Gasteiger partial charge in [0.2, 0.25) is 5.91 Å². The van der Waals surface area contributed by atoms with E-state index in [2.05, 4.69) is 15.1 Å². The number of primary amides is 1. The summed E-state index contributed by atoms with van der Waals surface area (Å²) in [6.07, 6.45) is 0.155. The zero-order valence-electron chi connectivity index (χ0n) is 11.7. The molecule has 1 aromatic carbocycles. The van der Waals surface area contributed by atoms with Gasteiger partial charge in [-0.15, -0.1) is 0 Å². The normalized spacial score (nSPS) is 10.4. The summed E-state index contributed by atoms with van der Waals surface area (Å²) < 4.78 is 5.79. The van der Waals surface area contributed by atoms with Crippen molar-refractivity contribution in [1.29, 1.82) is 0 Å². The minimum atomic E-state index is -0.613. The lowest BCUT2D eigenvalue weighted by Crippen LogP contribution is -2.32. The minimum absolute atomic E-state index is 0.155. The number of nitrogens with zero attached hydrogens (tertiary/aromatic N) is 2. The van der Waals surface area contributed by atoms with E-state index < -0.39 is 11.9 Å². The van der Waals surface area contributed by atoms with Crippen LogP contribution < -0.4 is 20.8 Å². The molecule has 1 heterocycles. The summed E-state index contributed by atoms with van der Waals surface area (Å²) >= 11 is 1.17. The van der Waals surface area contributed by atoms with Crippen molar-refractivity contribution in [3.63, 3.8) is 0 Å². The van der Waals surface area contributed by atoms with Crippen molar-refractivity contribution < 1.29 is 23.9 Å². The number of carbonyl (C=O) groups is 2. The third-order valence-corrected chi connectivity index (χ3v) is 3.86. The first kappa shape index (κ1) is 15.8. The van der Waals surface area contributed by atoms with Gasteiger partial charge in [0.25, 0.3) is 10.9 Å². The second kappa shape index (κ2) is 6.94. The van der Waals surface area contributed by atoms with Gasteiger partial charge in [0.15, 0.2) is 13.0 Å². The molecule has 0 radical (unpaired) electrons. The third kappa shape index (κ3) is 3.76. The molecular weight excluding hydrogens is 308 g/mol. The van der Waals surface area contributed by atoms with Gasteiger partial charge in [-0.25, -0.2) is 0 Å². The van der Waals surface area contributed by atoms with Crippen molar-refractivity contribution in [2.45, 2.75) is 11.4 Å². The molecule has 0 aliphatic heterocycles. The zero-order chi connectivity index (χ0) is 16.1. The number of carbonyl (C=O) groups excluding carboxylic acids is 2. The van der Waals surface area contributed by atoms with Crippen molar-refractivity contribution in [1.82, 2.24) is 5.27 Å². The second-order valence-corrected chi connectivity index (χ2v) is 5.43. The van der Waals surface area contributed by atoms with Crippen LogP contribution >= 0.6 is 11.8 Å². The number of thioether (sulfide) groups is 1. The van der Waals surface area contributed by atoms with Crippen LogP contribution in [0.15, 0.2) is 33.8 Å². The Bertz CT molecular complexity index is 682. The molecule has 22 heavy (non-hydrogen) atoms. The summed E-state index contributed by atoms with van der Waals surface area (Å²) in [6.45, 7) is 0. The van der Waals surface area contributed by atoms with Crippen LogP contribution in [0.1, 0.15) is 16.8 Å². The highest BCUT2D eigenvalue weighted by Gasteiger charge is 2.15. The predicted octanol–water partition coefficient (Wildman–Crippen LogP) is -0.208. The van der Waals surface area contributed by atoms with E-state index >= 15 is 0 Å². The van der Waals surface area contributed by atoms with Crippen LogP contribution in [0.5, 0.6) is 5.95 Å². The molecular formula is C13H14N4O4S. The van der Waals surface area contributed by atoms with Crippen LogP contribution in [0.3, 0.4) is 0 Å². The highest BCUT2D eigenvalue weighted by Crippen LogP contribution is 2.22. The van der Waals surface area contributed by atoms with Gasteiger partial charge in [-0.3, -0.25) is 9.59 Å². The summed E-state index contributed by atoms with van der Waals surface area (Å²) in [6, 6.07) is 6.49. The first-order valence-corrected chi connectivity index (χ1v) is 7.32. The summed E-state index contributed by atoms with van der Waals surface area (Å²) in [5.74, 6) is -1.06. The van der Waals surface area contributed by atoms with E-state index in [1.54, 1.807) is 25.2 Å². The Balaban J connectivity index is 1.90. The van der Waals surface area contributed by atoms with E-state index in [9.17, 15) is 14.7 Å². The zero-order valence-corrected chi connectivity index (χ0v) is 12.6. The van der Waals surface area contributed by atoms with Crippen molar-refractivity contribution >= 4 is 29.3 Å². The fraction of sp³-hybridized carbons (Fsp3) is 0.231. The summed E-state index contributed by atoms with van der Waals surface area (Å²) in [4.78, 5) is 23.1. The maximum absolute atomic E-state index is 11.9. The van der Waals surface area contributed by atoms with Gasteiger partial charge in [-0.05, 0) is 12.1 Å². The van der Waals surface area contributed by atoms with Crippen molar-refractivity contribution in [2.75, 3.05) is 11.1 Å². The molecule has 2 rings (SSSR count). The topological polar surface area (TPSA) is 125 Å². The summed E-state index contributed by atoms with van der Waals surface area (Å²) in [7, 11) is 1.58. The predicted molar refractivity (Wildman–Crippen MR) is 76.1 cm³/mol. The lowest BCUT2D eigenvalue weighted by atomic mass is 10.1. The highest BCUT2D eigenvalue weighted by molar-refractivity contribution is 7.99. The van der Waals surface area contributed by atoms with Crippen LogP contribution in [-0.2, 0) is 11.8 Å². The standard InChI is InChI=1S/C13H14N4O4S/c1-17-12(13(20)21-16-17)22-7-6-10(18)15-9-5-3-2-4-8(9)11(14)19/h2-5H,6-7H2,1H3,(H3-,14,15,16,18,19,20). The van der Waals surface area contributed by atoms with E-state index in [1.165, 1.54) is 22.5 Å². The molecule has 2 aromatic rings.